The lowest BCUT2D eigenvalue weighted by atomic mass is 9.91. The molecule has 3 rings (SSSR count). The third-order valence-electron chi connectivity index (χ3n) is 4.17. The number of nitrogens with one attached hydrogen (secondary N) is 1. The predicted molar refractivity (Wildman–Crippen MR) is 95.8 cm³/mol. The number of para-hydroxylation sites is 1. The van der Waals surface area contributed by atoms with Crippen LogP contribution in [0.25, 0.3) is 0 Å². The van der Waals surface area contributed by atoms with E-state index in [1.54, 1.807) is 18.3 Å². The Labute approximate surface area is 164 Å². The number of aliphatic carboxylic acids is 1. The summed E-state index contributed by atoms with van der Waals surface area (Å²) in [7, 11) is 1.49. The summed E-state index contributed by atoms with van der Waals surface area (Å²) in [5.74, 6) is -1.94. The maximum Gasteiger partial charge on any atom is 0.490 e. The number of alkyl halides is 3. The van der Waals surface area contributed by atoms with E-state index < -0.39 is 18.0 Å². The Morgan fingerprint density at radius 3 is 2.45 bits per heavy atom. The number of pyridine rings is 1. The summed E-state index contributed by atoms with van der Waals surface area (Å²) in [6, 6.07) is 8.51. The summed E-state index contributed by atoms with van der Waals surface area (Å²) in [4.78, 5) is 13.2. The minimum Gasteiger partial charge on any atom is -0.493 e. The molecular formula is C19H20F4N2O4. The van der Waals surface area contributed by atoms with Gasteiger partial charge in [0.15, 0.2) is 11.6 Å². The molecule has 1 aliphatic rings. The van der Waals surface area contributed by atoms with E-state index in [9.17, 15) is 17.6 Å². The highest BCUT2D eigenvalue weighted by Crippen LogP contribution is 2.37. The van der Waals surface area contributed by atoms with Crippen LogP contribution in [-0.4, -0.2) is 42.4 Å². The molecule has 2 aromatic rings. The second-order valence-electron chi connectivity index (χ2n) is 6.10. The Morgan fingerprint density at radius 2 is 1.86 bits per heavy atom. The van der Waals surface area contributed by atoms with Crippen LogP contribution in [0.3, 0.4) is 0 Å². The van der Waals surface area contributed by atoms with E-state index >= 15 is 0 Å². The second-order valence-corrected chi connectivity index (χ2v) is 6.10. The standard InChI is InChI=1S/C17H19FN2O2.C2HF3O2/c1-21-15-6-2-5-14(18)16(15)22-17-13(4-3-9-20-17)12-7-10-19-11-8-12;3-2(4,5)1(6)7/h2-6,9,12,19H,7-8,10-11H2,1H3;(H,6,7). The van der Waals surface area contributed by atoms with Crippen molar-refractivity contribution in [1.29, 1.82) is 0 Å². The van der Waals surface area contributed by atoms with Crippen molar-refractivity contribution in [3.05, 3.63) is 47.9 Å². The average Bonchev–Trinajstić information content (AvgIpc) is 2.70. The number of nitrogens with zero attached hydrogens (tertiary/aromatic N) is 1. The maximum atomic E-state index is 14.1. The number of carboxylic acids is 1. The summed E-state index contributed by atoms with van der Waals surface area (Å²) in [6.45, 7) is 1.95. The van der Waals surface area contributed by atoms with Crippen LogP contribution in [0.4, 0.5) is 17.6 Å². The summed E-state index contributed by atoms with van der Waals surface area (Å²) >= 11 is 0. The molecule has 0 amide bonds. The van der Waals surface area contributed by atoms with Crippen LogP contribution >= 0.6 is 0 Å². The number of benzene rings is 1. The van der Waals surface area contributed by atoms with Crippen LogP contribution in [0.15, 0.2) is 36.5 Å². The quantitative estimate of drug-likeness (QED) is 0.730. The summed E-state index contributed by atoms with van der Waals surface area (Å²) in [5.41, 5.74) is 1.02. The van der Waals surface area contributed by atoms with Crippen molar-refractivity contribution in [2.75, 3.05) is 20.2 Å². The number of hydrogen-bond donors (Lipinski definition) is 2. The lowest BCUT2D eigenvalue weighted by molar-refractivity contribution is -0.192. The molecule has 1 aromatic heterocycles. The zero-order valence-corrected chi connectivity index (χ0v) is 15.5. The molecule has 0 saturated carbocycles. The highest BCUT2D eigenvalue weighted by Gasteiger charge is 2.38. The highest BCUT2D eigenvalue weighted by atomic mass is 19.4. The van der Waals surface area contributed by atoms with Crippen molar-refractivity contribution in [2.45, 2.75) is 24.9 Å². The van der Waals surface area contributed by atoms with Crippen LogP contribution in [-0.2, 0) is 4.79 Å². The molecule has 2 heterocycles. The lowest BCUT2D eigenvalue weighted by Gasteiger charge is -2.24. The number of piperidine rings is 1. The number of methoxy groups -OCH3 is 1. The number of aromatic nitrogens is 1. The molecule has 29 heavy (non-hydrogen) atoms. The lowest BCUT2D eigenvalue weighted by Crippen LogP contribution is -2.26. The Hall–Kier alpha value is -2.88. The zero-order chi connectivity index (χ0) is 21.4. The first-order valence-electron chi connectivity index (χ1n) is 8.70. The Bertz CT molecular complexity index is 824. The van der Waals surface area contributed by atoms with E-state index in [2.05, 4.69) is 10.3 Å². The van der Waals surface area contributed by atoms with Crippen LogP contribution in [0.1, 0.15) is 24.3 Å². The molecule has 0 radical (unpaired) electrons. The molecule has 0 bridgehead atoms. The molecule has 158 valence electrons. The third-order valence-corrected chi connectivity index (χ3v) is 4.17. The molecule has 1 saturated heterocycles. The van der Waals surface area contributed by atoms with Gasteiger partial charge in [-0.05, 0) is 50.0 Å². The fraction of sp³-hybridized carbons (Fsp3) is 0.368. The van der Waals surface area contributed by atoms with Gasteiger partial charge in [0, 0.05) is 11.8 Å². The largest absolute Gasteiger partial charge is 0.493 e. The van der Waals surface area contributed by atoms with Gasteiger partial charge in [0.05, 0.1) is 7.11 Å². The average molecular weight is 416 g/mol. The monoisotopic (exact) mass is 416 g/mol. The van der Waals surface area contributed by atoms with Gasteiger partial charge in [-0.1, -0.05) is 12.1 Å². The molecule has 1 fully saturated rings. The SMILES string of the molecule is COc1cccc(F)c1Oc1ncccc1C1CCNCC1.O=C(O)C(F)(F)F. The topological polar surface area (TPSA) is 80.7 Å². The van der Waals surface area contributed by atoms with Gasteiger partial charge in [0.25, 0.3) is 0 Å². The Kier molecular flexibility index (Phi) is 7.77. The summed E-state index contributed by atoms with van der Waals surface area (Å²) < 4.78 is 56.8. The normalized spacial score (nSPS) is 14.5. The van der Waals surface area contributed by atoms with Gasteiger partial charge in [0.1, 0.15) is 0 Å². The second kappa shape index (κ2) is 10.1. The van der Waals surface area contributed by atoms with E-state index in [4.69, 9.17) is 19.4 Å². The van der Waals surface area contributed by atoms with Gasteiger partial charge >= 0.3 is 12.1 Å². The van der Waals surface area contributed by atoms with Gasteiger partial charge in [-0.2, -0.15) is 13.2 Å². The van der Waals surface area contributed by atoms with Crippen LogP contribution < -0.4 is 14.8 Å². The van der Waals surface area contributed by atoms with Gasteiger partial charge < -0.3 is 19.9 Å². The van der Waals surface area contributed by atoms with Crippen LogP contribution in [0, 0.1) is 5.82 Å². The van der Waals surface area contributed by atoms with Gasteiger partial charge in [-0.3, -0.25) is 0 Å². The van der Waals surface area contributed by atoms with E-state index in [-0.39, 0.29) is 5.75 Å². The molecule has 0 atom stereocenters. The molecule has 0 spiro atoms. The van der Waals surface area contributed by atoms with Crippen molar-refractivity contribution in [1.82, 2.24) is 10.3 Å². The zero-order valence-electron chi connectivity index (χ0n) is 15.5. The number of carbonyl (C=O) groups is 1. The number of ether oxygens (including phenoxy) is 2. The minimum atomic E-state index is -5.08. The molecule has 0 unspecified atom stereocenters. The fourth-order valence-corrected chi connectivity index (χ4v) is 2.78. The van der Waals surface area contributed by atoms with Crippen molar-refractivity contribution in [3.63, 3.8) is 0 Å². The van der Waals surface area contributed by atoms with Crippen molar-refractivity contribution in [3.8, 4) is 17.4 Å². The van der Waals surface area contributed by atoms with Crippen molar-refractivity contribution in [2.24, 2.45) is 0 Å². The number of rotatable bonds is 4. The Morgan fingerprint density at radius 1 is 1.21 bits per heavy atom. The van der Waals surface area contributed by atoms with Gasteiger partial charge in [-0.25, -0.2) is 14.2 Å². The summed E-state index contributed by atoms with van der Waals surface area (Å²) in [5, 5.41) is 10.5. The molecule has 10 heteroatoms. The molecule has 1 aliphatic heterocycles. The molecule has 2 N–H and O–H groups in total. The third kappa shape index (κ3) is 6.31. The first kappa shape index (κ1) is 22.4. The van der Waals surface area contributed by atoms with Crippen molar-refractivity contribution >= 4 is 5.97 Å². The van der Waals surface area contributed by atoms with E-state index in [1.807, 2.05) is 12.1 Å². The first-order valence-corrected chi connectivity index (χ1v) is 8.70. The summed E-state index contributed by atoms with van der Waals surface area (Å²) in [6.07, 6.45) is -1.37. The van der Waals surface area contributed by atoms with Gasteiger partial charge in [-0.15, -0.1) is 0 Å². The minimum absolute atomic E-state index is 0.0823. The highest BCUT2D eigenvalue weighted by molar-refractivity contribution is 5.73. The predicted octanol–water partition coefficient (Wildman–Crippen LogP) is 4.12. The molecular weight excluding hydrogens is 396 g/mol. The van der Waals surface area contributed by atoms with Crippen LogP contribution in [0.5, 0.6) is 17.4 Å². The van der Waals surface area contributed by atoms with Crippen molar-refractivity contribution < 1.29 is 36.9 Å². The first-order chi connectivity index (χ1) is 13.7. The van der Waals surface area contributed by atoms with Gasteiger partial charge in [0.2, 0.25) is 11.6 Å². The van der Waals surface area contributed by atoms with E-state index in [0.29, 0.717) is 17.5 Å². The molecule has 6 nitrogen and oxygen atoms in total. The van der Waals surface area contributed by atoms with E-state index in [1.165, 1.54) is 13.2 Å². The maximum absolute atomic E-state index is 14.1. The fourth-order valence-electron chi connectivity index (χ4n) is 2.78. The number of carboxylic acid groups (broad SMARTS) is 1. The van der Waals surface area contributed by atoms with E-state index in [0.717, 1.165) is 31.5 Å². The van der Waals surface area contributed by atoms with Crippen LogP contribution in [0.2, 0.25) is 0 Å². The molecule has 1 aromatic carbocycles. The number of hydrogen-bond acceptors (Lipinski definition) is 5. The smallest absolute Gasteiger partial charge is 0.490 e. The number of halogens is 4. The Balaban J connectivity index is 0.000000370. The molecule has 0 aliphatic carbocycles.